The molecule has 1 radical (unpaired) electrons. The standard InChI is InChI=1S/C19H21N4O3/c1-11-4-3-5-17(25)23(11)12-6-7-13-15(10-12)22(2)21-18(13)14-8-9-16(24)20-19(14)26/h3,6-7,10-11,14H,4-5,8-9H2,1-2H3,(H,20,24,26)/t11-,14?/m1/s1. The van der Waals surface area contributed by atoms with E-state index < -0.39 is 5.92 Å². The predicted octanol–water partition coefficient (Wildman–Crippen LogP) is 1.81. The first-order valence-corrected chi connectivity index (χ1v) is 8.90. The van der Waals surface area contributed by atoms with Crippen molar-refractivity contribution in [1.29, 1.82) is 0 Å². The Hall–Kier alpha value is -2.70. The summed E-state index contributed by atoms with van der Waals surface area (Å²) in [5.74, 6) is -0.855. The van der Waals surface area contributed by atoms with Crippen molar-refractivity contribution in [3.8, 4) is 0 Å². The highest BCUT2D eigenvalue weighted by atomic mass is 16.2. The van der Waals surface area contributed by atoms with Crippen molar-refractivity contribution < 1.29 is 14.4 Å². The van der Waals surface area contributed by atoms with Crippen molar-refractivity contribution >= 4 is 34.3 Å². The van der Waals surface area contributed by atoms with Crippen molar-refractivity contribution in [2.24, 2.45) is 7.05 Å². The Morgan fingerprint density at radius 1 is 1.23 bits per heavy atom. The second-order valence-corrected chi connectivity index (χ2v) is 7.06. The van der Waals surface area contributed by atoms with Gasteiger partial charge in [-0.25, -0.2) is 0 Å². The average molecular weight is 353 g/mol. The molecule has 2 saturated heterocycles. The van der Waals surface area contributed by atoms with Crippen LogP contribution in [0.3, 0.4) is 0 Å². The van der Waals surface area contributed by atoms with E-state index in [1.54, 1.807) is 4.68 Å². The molecule has 1 N–H and O–H groups in total. The molecule has 0 bridgehead atoms. The number of piperidine rings is 2. The van der Waals surface area contributed by atoms with E-state index in [0.29, 0.717) is 25.0 Å². The Balaban J connectivity index is 1.74. The summed E-state index contributed by atoms with van der Waals surface area (Å²) >= 11 is 0. The first-order valence-electron chi connectivity index (χ1n) is 8.90. The van der Waals surface area contributed by atoms with Crippen molar-refractivity contribution in [1.82, 2.24) is 15.1 Å². The summed E-state index contributed by atoms with van der Waals surface area (Å²) < 4.78 is 1.74. The van der Waals surface area contributed by atoms with E-state index in [4.69, 9.17) is 0 Å². The monoisotopic (exact) mass is 353 g/mol. The molecule has 0 saturated carbocycles. The van der Waals surface area contributed by atoms with Gasteiger partial charge in [-0.1, -0.05) is 0 Å². The number of rotatable bonds is 2. The topological polar surface area (TPSA) is 84.3 Å². The van der Waals surface area contributed by atoms with E-state index in [-0.39, 0.29) is 23.8 Å². The minimum Gasteiger partial charge on any atom is -0.310 e. The quantitative estimate of drug-likeness (QED) is 0.835. The summed E-state index contributed by atoms with van der Waals surface area (Å²) in [5.41, 5.74) is 2.41. The van der Waals surface area contributed by atoms with Crippen LogP contribution in [0.15, 0.2) is 18.2 Å². The molecule has 1 aromatic heterocycles. The van der Waals surface area contributed by atoms with Gasteiger partial charge in [0.05, 0.1) is 17.1 Å². The minimum absolute atomic E-state index is 0.0932. The van der Waals surface area contributed by atoms with E-state index in [1.165, 1.54) is 0 Å². The van der Waals surface area contributed by atoms with Gasteiger partial charge in [-0.05, 0) is 44.4 Å². The number of hydrogen-bond acceptors (Lipinski definition) is 4. The number of nitrogens with one attached hydrogen (secondary N) is 1. The number of carbonyl (C=O) groups is 3. The van der Waals surface area contributed by atoms with Crippen LogP contribution >= 0.6 is 0 Å². The molecule has 4 rings (SSSR count). The van der Waals surface area contributed by atoms with Crippen LogP contribution in [0.5, 0.6) is 0 Å². The fourth-order valence-corrected chi connectivity index (χ4v) is 3.93. The zero-order valence-electron chi connectivity index (χ0n) is 14.9. The van der Waals surface area contributed by atoms with Crippen LogP contribution in [-0.2, 0) is 21.4 Å². The van der Waals surface area contributed by atoms with Gasteiger partial charge in [-0.3, -0.25) is 24.4 Å². The number of anilines is 1. The Bertz CT molecular complexity index is 917. The van der Waals surface area contributed by atoms with Gasteiger partial charge < -0.3 is 4.90 Å². The number of nitrogens with zero attached hydrogens (tertiary/aromatic N) is 3. The summed E-state index contributed by atoms with van der Waals surface area (Å²) in [5, 5.41) is 7.82. The summed E-state index contributed by atoms with van der Waals surface area (Å²) in [6.07, 6.45) is 4.14. The normalized spacial score (nSPS) is 24.2. The molecule has 3 heterocycles. The Morgan fingerprint density at radius 3 is 2.77 bits per heavy atom. The number of aryl methyl sites for hydroxylation is 1. The lowest BCUT2D eigenvalue weighted by Crippen LogP contribution is -2.42. The molecular formula is C19H21N4O3. The van der Waals surface area contributed by atoms with Crippen molar-refractivity contribution in [3.05, 3.63) is 30.3 Å². The molecule has 7 heteroatoms. The molecule has 3 amide bonds. The maximum atomic E-state index is 12.3. The second-order valence-electron chi connectivity index (χ2n) is 7.06. The molecule has 0 spiro atoms. The highest BCUT2D eigenvalue weighted by Gasteiger charge is 2.32. The van der Waals surface area contributed by atoms with E-state index in [1.807, 2.05) is 43.5 Å². The lowest BCUT2D eigenvalue weighted by Gasteiger charge is -2.33. The van der Waals surface area contributed by atoms with Crippen LogP contribution in [0.2, 0.25) is 0 Å². The minimum atomic E-state index is -0.424. The van der Waals surface area contributed by atoms with Crippen LogP contribution in [-0.4, -0.2) is 33.5 Å². The molecule has 26 heavy (non-hydrogen) atoms. The zero-order valence-corrected chi connectivity index (χ0v) is 14.9. The van der Waals surface area contributed by atoms with Gasteiger partial charge in [-0.2, -0.15) is 5.10 Å². The Morgan fingerprint density at radius 2 is 2.04 bits per heavy atom. The summed E-state index contributed by atoms with van der Waals surface area (Å²) in [6, 6.07) is 5.92. The number of carbonyl (C=O) groups excluding carboxylic acids is 3. The SMILES string of the molecule is C[C@@H]1C[CH]CC(=O)N1c1ccc2c(C3CCC(=O)NC3=O)nn(C)c2c1. The number of amides is 3. The first kappa shape index (κ1) is 16.8. The predicted molar refractivity (Wildman–Crippen MR) is 96.3 cm³/mol. The summed E-state index contributed by atoms with van der Waals surface area (Å²) in [4.78, 5) is 37.8. The van der Waals surface area contributed by atoms with E-state index in [9.17, 15) is 14.4 Å². The lowest BCUT2D eigenvalue weighted by atomic mass is 9.92. The van der Waals surface area contributed by atoms with Crippen molar-refractivity contribution in [3.63, 3.8) is 0 Å². The van der Waals surface area contributed by atoms with Gasteiger partial charge in [0.2, 0.25) is 17.7 Å². The molecule has 2 aliphatic rings. The van der Waals surface area contributed by atoms with Gasteiger partial charge in [-0.15, -0.1) is 0 Å². The second kappa shape index (κ2) is 6.23. The smallest absolute Gasteiger partial charge is 0.235 e. The van der Waals surface area contributed by atoms with Crippen LogP contribution in [0.4, 0.5) is 5.69 Å². The number of aromatic nitrogens is 2. The zero-order chi connectivity index (χ0) is 18.4. The maximum Gasteiger partial charge on any atom is 0.235 e. The first-order chi connectivity index (χ1) is 12.5. The Kier molecular flexibility index (Phi) is 4.01. The molecule has 0 aliphatic carbocycles. The van der Waals surface area contributed by atoms with Gasteiger partial charge >= 0.3 is 0 Å². The fraction of sp³-hybridized carbons (Fsp3) is 0.421. The third-order valence-electron chi connectivity index (χ3n) is 5.25. The van der Waals surface area contributed by atoms with Gasteiger partial charge in [0.15, 0.2) is 0 Å². The highest BCUT2D eigenvalue weighted by Crippen LogP contribution is 2.33. The molecule has 1 aromatic carbocycles. The van der Waals surface area contributed by atoms with Gasteiger partial charge in [0.25, 0.3) is 0 Å². The number of benzene rings is 1. The summed E-state index contributed by atoms with van der Waals surface area (Å²) in [6.45, 7) is 2.04. The maximum absolute atomic E-state index is 12.3. The molecule has 2 fully saturated rings. The largest absolute Gasteiger partial charge is 0.310 e. The van der Waals surface area contributed by atoms with Crippen LogP contribution in [0.1, 0.15) is 44.2 Å². The van der Waals surface area contributed by atoms with Crippen molar-refractivity contribution in [2.75, 3.05) is 4.90 Å². The number of imide groups is 1. The van der Waals surface area contributed by atoms with E-state index >= 15 is 0 Å². The number of fused-ring (bicyclic) bond motifs is 1. The third kappa shape index (κ3) is 2.67. The van der Waals surface area contributed by atoms with Crippen LogP contribution in [0, 0.1) is 6.42 Å². The molecule has 2 aromatic rings. The van der Waals surface area contributed by atoms with Gasteiger partial charge in [0.1, 0.15) is 0 Å². The molecule has 2 aliphatic heterocycles. The van der Waals surface area contributed by atoms with Crippen LogP contribution < -0.4 is 10.2 Å². The molecule has 7 nitrogen and oxygen atoms in total. The van der Waals surface area contributed by atoms with E-state index in [0.717, 1.165) is 23.0 Å². The van der Waals surface area contributed by atoms with E-state index in [2.05, 4.69) is 10.4 Å². The van der Waals surface area contributed by atoms with Gasteiger partial charge in [0, 0.05) is 37.0 Å². The highest BCUT2D eigenvalue weighted by molar-refractivity contribution is 6.03. The molecular weight excluding hydrogens is 332 g/mol. The van der Waals surface area contributed by atoms with Crippen LogP contribution in [0.25, 0.3) is 10.9 Å². The third-order valence-corrected chi connectivity index (χ3v) is 5.25. The lowest BCUT2D eigenvalue weighted by molar-refractivity contribution is -0.134. The molecule has 1 unspecified atom stereocenters. The summed E-state index contributed by atoms with van der Waals surface area (Å²) in [7, 11) is 1.83. The van der Waals surface area contributed by atoms with Crippen molar-refractivity contribution in [2.45, 2.75) is 44.6 Å². The fourth-order valence-electron chi connectivity index (χ4n) is 3.93. The average Bonchev–Trinajstić information content (AvgIpc) is 2.91. The molecule has 2 atom stereocenters. The Labute approximate surface area is 151 Å². The number of hydrogen-bond donors (Lipinski definition) is 1. The molecule has 135 valence electrons.